The van der Waals surface area contributed by atoms with Crippen molar-refractivity contribution in [3.05, 3.63) is 83.7 Å². The fourth-order valence-corrected chi connectivity index (χ4v) is 6.12. The molecule has 0 atom stereocenters. The smallest absolute Gasteiger partial charge is 0.269 e. The summed E-state index contributed by atoms with van der Waals surface area (Å²) in [5.74, 6) is 0.876. The highest BCUT2D eigenvalue weighted by atomic mass is 127. The van der Waals surface area contributed by atoms with Gasteiger partial charge in [0.15, 0.2) is 23.1 Å². The number of nitro groups is 1. The van der Waals surface area contributed by atoms with Crippen LogP contribution >= 0.6 is 22.6 Å². The lowest BCUT2D eigenvalue weighted by atomic mass is 9.71. The Hall–Kier alpha value is -3.21. The van der Waals surface area contributed by atoms with Crippen LogP contribution in [-0.2, 0) is 16.2 Å². The Morgan fingerprint density at radius 2 is 1.59 bits per heavy atom. The summed E-state index contributed by atoms with van der Waals surface area (Å²) in [7, 11) is 0. The molecule has 0 saturated carbocycles. The summed E-state index contributed by atoms with van der Waals surface area (Å²) in [6.45, 7) is 2.52. The molecule has 2 aromatic rings. The highest BCUT2D eigenvalue weighted by molar-refractivity contribution is 14.1. The summed E-state index contributed by atoms with van der Waals surface area (Å²) < 4.78 is 12.9. The van der Waals surface area contributed by atoms with Crippen molar-refractivity contribution in [2.45, 2.75) is 58.0 Å². The van der Waals surface area contributed by atoms with Crippen LogP contribution < -0.4 is 14.8 Å². The number of carbonyl (C=O) groups excluding carboxylic acids is 2. The SMILES string of the molecule is CCOc1cc(C2C3=C(CCCC3=O)NC3=C2C(=O)CCC3)cc(I)c1OCc1ccc([N+](=O)[O-])cc1. The van der Waals surface area contributed by atoms with Gasteiger partial charge in [0.1, 0.15) is 6.61 Å². The van der Waals surface area contributed by atoms with Crippen LogP contribution in [0.3, 0.4) is 0 Å². The van der Waals surface area contributed by atoms with E-state index < -0.39 is 10.8 Å². The van der Waals surface area contributed by atoms with E-state index in [9.17, 15) is 19.7 Å². The number of hydrogen-bond acceptors (Lipinski definition) is 7. The molecule has 3 aliphatic rings. The van der Waals surface area contributed by atoms with Crippen LogP contribution in [0.25, 0.3) is 0 Å². The first-order chi connectivity index (χ1) is 17.9. The summed E-state index contributed by atoms with van der Waals surface area (Å²) in [6.07, 6.45) is 4.19. The molecule has 0 bridgehead atoms. The second-order valence-electron chi connectivity index (χ2n) is 9.37. The minimum Gasteiger partial charge on any atom is -0.490 e. The Morgan fingerprint density at radius 3 is 2.16 bits per heavy atom. The van der Waals surface area contributed by atoms with Crippen molar-refractivity contribution < 1.29 is 24.0 Å². The number of non-ortho nitro benzene ring substituents is 1. The third kappa shape index (κ3) is 5.01. The standard InChI is InChI=1S/C28H27IN2O6/c1-2-36-24-14-17(13-19(29)28(24)37-15-16-9-11-18(12-10-16)31(34)35)25-26-20(5-3-7-22(26)32)30-21-6-4-8-23(33)27(21)25/h9-14,25,30H,2-8,15H2,1H3. The minimum atomic E-state index is -0.434. The van der Waals surface area contributed by atoms with E-state index in [-0.39, 0.29) is 23.9 Å². The van der Waals surface area contributed by atoms with E-state index in [1.807, 2.05) is 19.1 Å². The molecule has 2 aliphatic carbocycles. The summed E-state index contributed by atoms with van der Waals surface area (Å²) in [4.78, 5) is 36.8. The number of rotatable bonds is 7. The predicted octanol–water partition coefficient (Wildman–Crippen LogP) is 5.88. The Morgan fingerprint density at radius 1 is 0.973 bits per heavy atom. The number of ketones is 2. The van der Waals surface area contributed by atoms with Crippen LogP contribution in [0.1, 0.15) is 62.5 Å². The number of halogens is 1. The van der Waals surface area contributed by atoms with Gasteiger partial charge in [0.2, 0.25) is 0 Å². The molecule has 0 aromatic heterocycles. The maximum absolute atomic E-state index is 13.1. The number of hydrogen-bond donors (Lipinski definition) is 1. The topological polar surface area (TPSA) is 108 Å². The Balaban J connectivity index is 1.52. The molecule has 1 heterocycles. The van der Waals surface area contributed by atoms with E-state index in [1.165, 1.54) is 12.1 Å². The van der Waals surface area contributed by atoms with Crippen molar-refractivity contribution in [2.24, 2.45) is 0 Å². The van der Waals surface area contributed by atoms with Gasteiger partial charge in [0.05, 0.1) is 15.1 Å². The minimum absolute atomic E-state index is 0.0246. The fraction of sp³-hybridized carbons (Fsp3) is 0.357. The van der Waals surface area contributed by atoms with E-state index in [1.54, 1.807) is 12.1 Å². The van der Waals surface area contributed by atoms with E-state index in [2.05, 4.69) is 27.9 Å². The molecule has 0 saturated heterocycles. The lowest BCUT2D eigenvalue weighted by Gasteiger charge is -2.37. The Kier molecular flexibility index (Phi) is 7.32. The Bertz CT molecular complexity index is 1300. The van der Waals surface area contributed by atoms with Crippen molar-refractivity contribution in [3.63, 3.8) is 0 Å². The first kappa shape index (κ1) is 25.4. The van der Waals surface area contributed by atoms with Gasteiger partial charge in [-0.2, -0.15) is 0 Å². The monoisotopic (exact) mass is 614 g/mol. The van der Waals surface area contributed by atoms with Crippen LogP contribution in [-0.4, -0.2) is 23.1 Å². The van der Waals surface area contributed by atoms with Crippen molar-refractivity contribution in [2.75, 3.05) is 6.61 Å². The zero-order chi connectivity index (χ0) is 26.1. The van der Waals surface area contributed by atoms with Crippen LogP contribution in [0.4, 0.5) is 5.69 Å². The zero-order valence-electron chi connectivity index (χ0n) is 20.5. The number of nitrogens with zero attached hydrogens (tertiary/aromatic N) is 1. The van der Waals surface area contributed by atoms with Gasteiger partial charge in [0.25, 0.3) is 5.69 Å². The van der Waals surface area contributed by atoms with Crippen LogP contribution in [0.5, 0.6) is 11.5 Å². The molecule has 37 heavy (non-hydrogen) atoms. The fourth-order valence-electron chi connectivity index (χ4n) is 5.34. The van der Waals surface area contributed by atoms with Gasteiger partial charge >= 0.3 is 0 Å². The molecule has 2 aromatic carbocycles. The number of benzene rings is 2. The lowest BCUT2D eigenvalue weighted by molar-refractivity contribution is -0.384. The van der Waals surface area contributed by atoms with E-state index in [0.717, 1.165) is 51.8 Å². The average molecular weight is 614 g/mol. The predicted molar refractivity (Wildman–Crippen MR) is 145 cm³/mol. The van der Waals surface area contributed by atoms with Crippen molar-refractivity contribution in [1.29, 1.82) is 0 Å². The summed E-state index contributed by atoms with van der Waals surface area (Å²) >= 11 is 2.20. The normalized spacial score (nSPS) is 17.8. The van der Waals surface area contributed by atoms with E-state index in [0.29, 0.717) is 42.1 Å². The molecule has 9 heteroatoms. The number of nitrogens with one attached hydrogen (secondary N) is 1. The number of Topliss-reactive ketones (excluding diaryl/α,β-unsaturated/α-hetero) is 2. The van der Waals surface area contributed by atoms with Gasteiger partial charge in [0, 0.05) is 53.4 Å². The third-order valence-corrected chi connectivity index (χ3v) is 7.79. The molecule has 0 spiro atoms. The third-order valence-electron chi connectivity index (χ3n) is 6.99. The number of dihydropyridines is 1. The molecule has 8 nitrogen and oxygen atoms in total. The maximum Gasteiger partial charge on any atom is 0.269 e. The lowest BCUT2D eigenvalue weighted by Crippen LogP contribution is -2.36. The van der Waals surface area contributed by atoms with E-state index in [4.69, 9.17) is 9.47 Å². The molecule has 0 unspecified atom stereocenters. The van der Waals surface area contributed by atoms with Gasteiger partial charge in [-0.15, -0.1) is 0 Å². The van der Waals surface area contributed by atoms with Crippen LogP contribution in [0.2, 0.25) is 0 Å². The second kappa shape index (κ2) is 10.6. The molecular weight excluding hydrogens is 587 g/mol. The van der Waals surface area contributed by atoms with Crippen molar-refractivity contribution in [3.8, 4) is 11.5 Å². The number of carbonyl (C=O) groups is 2. The molecule has 0 amide bonds. The largest absolute Gasteiger partial charge is 0.490 e. The van der Waals surface area contributed by atoms with Gasteiger partial charge in [-0.3, -0.25) is 19.7 Å². The molecule has 1 aliphatic heterocycles. The van der Waals surface area contributed by atoms with Crippen LogP contribution in [0, 0.1) is 13.7 Å². The van der Waals surface area contributed by atoms with Gasteiger partial charge in [-0.05, 0) is 90.6 Å². The molecule has 1 N–H and O–H groups in total. The van der Waals surface area contributed by atoms with Crippen molar-refractivity contribution >= 4 is 39.8 Å². The van der Waals surface area contributed by atoms with Gasteiger partial charge in [-0.1, -0.05) is 0 Å². The zero-order valence-corrected chi connectivity index (χ0v) is 22.6. The quantitative estimate of drug-likeness (QED) is 0.236. The van der Waals surface area contributed by atoms with E-state index >= 15 is 0 Å². The molecule has 5 rings (SSSR count). The van der Waals surface area contributed by atoms with Crippen molar-refractivity contribution in [1.82, 2.24) is 5.32 Å². The van der Waals surface area contributed by atoms with Gasteiger partial charge in [-0.25, -0.2) is 0 Å². The molecular formula is C28H27IN2O6. The average Bonchev–Trinajstić information content (AvgIpc) is 2.87. The molecule has 0 fully saturated rings. The highest BCUT2D eigenvalue weighted by Crippen LogP contribution is 2.47. The maximum atomic E-state index is 13.1. The Labute approximate surface area is 228 Å². The number of nitro benzene ring substituents is 1. The first-order valence-corrected chi connectivity index (χ1v) is 13.6. The summed E-state index contributed by atoms with van der Waals surface area (Å²) in [6, 6.07) is 10.1. The molecule has 0 radical (unpaired) electrons. The summed E-state index contributed by atoms with van der Waals surface area (Å²) in [5, 5.41) is 14.4. The van der Waals surface area contributed by atoms with Crippen LogP contribution in [0.15, 0.2) is 58.9 Å². The summed E-state index contributed by atoms with van der Waals surface area (Å²) in [5.41, 5.74) is 4.97. The van der Waals surface area contributed by atoms with Gasteiger partial charge < -0.3 is 14.8 Å². The highest BCUT2D eigenvalue weighted by Gasteiger charge is 2.40. The number of allylic oxidation sites excluding steroid dienone is 4. The first-order valence-electron chi connectivity index (χ1n) is 12.5. The second-order valence-corrected chi connectivity index (χ2v) is 10.5. The molecule has 192 valence electrons. The number of ether oxygens (including phenoxy) is 2.